The predicted octanol–water partition coefficient (Wildman–Crippen LogP) is -1.22. The molecule has 0 aliphatic rings. The van der Waals surface area contributed by atoms with Gasteiger partial charge in [-0.1, -0.05) is 0 Å². The third-order valence-electron chi connectivity index (χ3n) is 1.73. The lowest BCUT2D eigenvalue weighted by Gasteiger charge is -2.09. The van der Waals surface area contributed by atoms with Crippen molar-refractivity contribution in [1.82, 2.24) is 9.97 Å². The van der Waals surface area contributed by atoms with Crippen LogP contribution >= 0.6 is 0 Å². The number of rotatable bonds is 5. The number of nitrogens with two attached hydrogens (primary N) is 1. The van der Waals surface area contributed by atoms with Crippen LogP contribution in [0.15, 0.2) is 12.4 Å². The molecule has 1 atom stereocenters. The van der Waals surface area contributed by atoms with Crippen LogP contribution in [0.2, 0.25) is 0 Å². The molecular weight excluding hydrogens is 198 g/mol. The molecule has 0 spiro atoms. The zero-order valence-corrected chi connectivity index (χ0v) is 8.27. The number of aromatic nitrogens is 2. The second-order valence-electron chi connectivity index (χ2n) is 2.84. The first-order chi connectivity index (χ1) is 7.13. The summed E-state index contributed by atoms with van der Waals surface area (Å²) in [4.78, 5) is 18.3. The Kier molecular flexibility index (Phi) is 3.81. The average Bonchev–Trinajstić information content (AvgIpc) is 2.26. The molecule has 1 aromatic heterocycles. The molecule has 0 fully saturated rings. The Bertz CT molecular complexity index is 344. The fourth-order valence-electron chi connectivity index (χ4n) is 0.893. The van der Waals surface area contributed by atoms with Gasteiger partial charge >= 0.3 is 0 Å². The van der Waals surface area contributed by atoms with Crippen LogP contribution in [-0.4, -0.2) is 40.7 Å². The van der Waals surface area contributed by atoms with Crippen molar-refractivity contribution in [3.8, 4) is 0 Å². The summed E-state index contributed by atoms with van der Waals surface area (Å²) in [5.74, 6) is 0.376. The van der Waals surface area contributed by atoms with Gasteiger partial charge in [-0.3, -0.25) is 4.79 Å². The van der Waals surface area contributed by atoms with E-state index in [0.29, 0.717) is 11.6 Å². The van der Waals surface area contributed by atoms with Gasteiger partial charge < -0.3 is 21.5 Å². The van der Waals surface area contributed by atoms with Gasteiger partial charge in [0.2, 0.25) is 5.91 Å². The molecule has 0 radical (unpaired) electrons. The van der Waals surface area contributed by atoms with Gasteiger partial charge in [0.25, 0.3) is 0 Å². The van der Waals surface area contributed by atoms with Crippen LogP contribution in [0.5, 0.6) is 0 Å². The van der Waals surface area contributed by atoms with Gasteiger partial charge in [0.05, 0.1) is 6.54 Å². The summed E-state index contributed by atoms with van der Waals surface area (Å²) in [6.45, 7) is 0.0233. The van der Waals surface area contributed by atoms with Crippen LogP contribution in [0.4, 0.5) is 11.6 Å². The molecule has 1 aromatic rings. The Morgan fingerprint density at radius 1 is 1.60 bits per heavy atom. The number of primary amides is 1. The van der Waals surface area contributed by atoms with E-state index in [4.69, 9.17) is 10.8 Å². The van der Waals surface area contributed by atoms with Crippen molar-refractivity contribution in [2.75, 3.05) is 24.2 Å². The third-order valence-corrected chi connectivity index (χ3v) is 1.73. The molecule has 7 nitrogen and oxygen atoms in total. The smallest absolute Gasteiger partial charge is 0.248 e. The minimum atomic E-state index is -1.22. The number of aliphatic hydroxyl groups is 1. The first-order valence-corrected chi connectivity index (χ1v) is 4.34. The number of anilines is 2. The fourth-order valence-corrected chi connectivity index (χ4v) is 0.893. The number of carbonyl (C=O) groups excluding carboxylic acids is 1. The topological polar surface area (TPSA) is 113 Å². The molecule has 5 N–H and O–H groups in total. The molecule has 1 heterocycles. The highest BCUT2D eigenvalue weighted by Crippen LogP contribution is 2.07. The summed E-state index contributed by atoms with van der Waals surface area (Å²) in [5.41, 5.74) is 4.88. The molecule has 1 amide bonds. The Hall–Kier alpha value is -1.89. The molecule has 0 aliphatic carbocycles. The van der Waals surface area contributed by atoms with Crippen molar-refractivity contribution in [3.05, 3.63) is 12.4 Å². The van der Waals surface area contributed by atoms with E-state index in [1.165, 1.54) is 6.33 Å². The normalized spacial score (nSPS) is 11.9. The molecule has 15 heavy (non-hydrogen) atoms. The number of nitrogens with one attached hydrogen (secondary N) is 2. The molecular formula is C8H13N5O2. The molecule has 82 valence electrons. The quantitative estimate of drug-likeness (QED) is 0.485. The number of hydrogen-bond acceptors (Lipinski definition) is 6. The van der Waals surface area contributed by atoms with E-state index in [0.717, 1.165) is 0 Å². The maximum Gasteiger partial charge on any atom is 0.248 e. The van der Waals surface area contributed by atoms with Crippen LogP contribution < -0.4 is 16.4 Å². The Balaban J connectivity index is 2.53. The number of hydrogen-bond donors (Lipinski definition) is 4. The molecule has 0 aliphatic heterocycles. The van der Waals surface area contributed by atoms with E-state index in [1.807, 2.05) is 0 Å². The van der Waals surface area contributed by atoms with Gasteiger partial charge in [0, 0.05) is 13.1 Å². The summed E-state index contributed by atoms with van der Waals surface area (Å²) in [7, 11) is 1.73. The second-order valence-corrected chi connectivity index (χ2v) is 2.84. The lowest BCUT2D eigenvalue weighted by molar-refractivity contribution is -0.125. The van der Waals surface area contributed by atoms with Gasteiger partial charge in [-0.2, -0.15) is 0 Å². The zero-order valence-electron chi connectivity index (χ0n) is 8.27. The summed E-state index contributed by atoms with van der Waals surface area (Å²) in [6, 6.07) is 1.65. The van der Waals surface area contributed by atoms with Gasteiger partial charge in [0.1, 0.15) is 24.1 Å². The third kappa shape index (κ3) is 3.39. The summed E-state index contributed by atoms with van der Waals surface area (Å²) < 4.78 is 0. The largest absolute Gasteiger partial charge is 0.381 e. The minimum absolute atomic E-state index is 0.0233. The highest BCUT2D eigenvalue weighted by Gasteiger charge is 2.10. The van der Waals surface area contributed by atoms with Gasteiger partial charge in [-0.15, -0.1) is 0 Å². The van der Waals surface area contributed by atoms with E-state index < -0.39 is 12.0 Å². The standard InChI is InChI=1S/C8H13N5O2/c1-10-6-2-7(13-4-12-6)11-3-5(14)8(9)15/h2,4-5,14H,3H2,1H3,(H2,9,15)(H2,10,11,12,13). The van der Waals surface area contributed by atoms with E-state index >= 15 is 0 Å². The van der Waals surface area contributed by atoms with Gasteiger partial charge in [0.15, 0.2) is 0 Å². The first kappa shape index (κ1) is 11.2. The Labute approximate surface area is 86.7 Å². The van der Waals surface area contributed by atoms with Crippen molar-refractivity contribution in [3.63, 3.8) is 0 Å². The maximum atomic E-state index is 10.5. The lowest BCUT2D eigenvalue weighted by Crippen LogP contribution is -2.34. The monoisotopic (exact) mass is 211 g/mol. The van der Waals surface area contributed by atoms with E-state index in [-0.39, 0.29) is 6.54 Å². The maximum absolute atomic E-state index is 10.5. The Morgan fingerprint density at radius 3 is 2.87 bits per heavy atom. The SMILES string of the molecule is CNc1cc(NCC(O)C(N)=O)ncn1. The average molecular weight is 211 g/mol. The van der Waals surface area contributed by atoms with Crippen molar-refractivity contribution < 1.29 is 9.90 Å². The number of aliphatic hydroxyl groups excluding tert-OH is 1. The van der Waals surface area contributed by atoms with Crippen LogP contribution in [0.3, 0.4) is 0 Å². The highest BCUT2D eigenvalue weighted by atomic mass is 16.3. The van der Waals surface area contributed by atoms with Crippen LogP contribution in [0.1, 0.15) is 0 Å². The molecule has 1 rings (SSSR count). The van der Waals surface area contributed by atoms with Crippen molar-refractivity contribution in [1.29, 1.82) is 0 Å². The molecule has 0 bridgehead atoms. The molecule has 0 saturated heterocycles. The number of amides is 1. The minimum Gasteiger partial charge on any atom is -0.381 e. The van der Waals surface area contributed by atoms with Crippen molar-refractivity contribution in [2.45, 2.75) is 6.10 Å². The van der Waals surface area contributed by atoms with Crippen molar-refractivity contribution >= 4 is 17.5 Å². The number of carbonyl (C=O) groups is 1. The first-order valence-electron chi connectivity index (χ1n) is 4.34. The number of nitrogens with zero attached hydrogens (tertiary/aromatic N) is 2. The molecule has 7 heteroatoms. The second kappa shape index (κ2) is 5.11. The van der Waals surface area contributed by atoms with Gasteiger partial charge in [-0.05, 0) is 0 Å². The van der Waals surface area contributed by atoms with Crippen molar-refractivity contribution in [2.24, 2.45) is 5.73 Å². The lowest BCUT2D eigenvalue weighted by atomic mass is 10.3. The van der Waals surface area contributed by atoms with Crippen LogP contribution in [0, 0.1) is 0 Å². The molecule has 0 aromatic carbocycles. The van der Waals surface area contributed by atoms with Gasteiger partial charge in [-0.25, -0.2) is 9.97 Å². The van der Waals surface area contributed by atoms with Crippen LogP contribution in [-0.2, 0) is 4.79 Å². The van der Waals surface area contributed by atoms with E-state index in [1.54, 1.807) is 13.1 Å². The predicted molar refractivity (Wildman–Crippen MR) is 55.3 cm³/mol. The fraction of sp³-hybridized carbons (Fsp3) is 0.375. The van der Waals surface area contributed by atoms with E-state index in [9.17, 15) is 4.79 Å². The van der Waals surface area contributed by atoms with Crippen LogP contribution in [0.25, 0.3) is 0 Å². The summed E-state index contributed by atoms with van der Waals surface area (Å²) in [5, 5.41) is 14.7. The Morgan fingerprint density at radius 2 is 2.27 bits per heavy atom. The molecule has 1 unspecified atom stereocenters. The van der Waals surface area contributed by atoms with E-state index in [2.05, 4.69) is 20.6 Å². The zero-order chi connectivity index (χ0) is 11.3. The summed E-state index contributed by atoms with van der Waals surface area (Å²) >= 11 is 0. The summed E-state index contributed by atoms with van der Waals surface area (Å²) in [6.07, 6.45) is 0.142. The highest BCUT2D eigenvalue weighted by molar-refractivity contribution is 5.79. The molecule has 0 saturated carbocycles.